The molecule has 1 aliphatic rings. The second-order valence-electron chi connectivity index (χ2n) is 7.46. The third-order valence-electron chi connectivity index (χ3n) is 5.19. The number of benzene rings is 2. The van der Waals surface area contributed by atoms with Crippen molar-refractivity contribution in [2.45, 2.75) is 44.0 Å². The summed E-state index contributed by atoms with van der Waals surface area (Å²) in [6.07, 6.45) is 2.67. The van der Waals surface area contributed by atoms with Crippen LogP contribution in [0.3, 0.4) is 0 Å². The lowest BCUT2D eigenvalue weighted by molar-refractivity contribution is 0.102. The van der Waals surface area contributed by atoms with Gasteiger partial charge in [0.15, 0.2) is 0 Å². The van der Waals surface area contributed by atoms with Gasteiger partial charge in [0, 0.05) is 29.5 Å². The van der Waals surface area contributed by atoms with E-state index in [4.69, 9.17) is 5.73 Å². The van der Waals surface area contributed by atoms with Gasteiger partial charge in [0.05, 0.1) is 4.90 Å². The molecule has 1 aliphatic heterocycles. The third-order valence-corrected chi connectivity index (χ3v) is 7.20. The number of anilines is 2. The Bertz CT molecular complexity index is 1070. The molecule has 0 saturated carbocycles. The minimum Gasteiger partial charge on any atom is -0.351 e. The molecule has 8 nitrogen and oxygen atoms in total. The van der Waals surface area contributed by atoms with Crippen molar-refractivity contribution in [3.8, 4) is 0 Å². The van der Waals surface area contributed by atoms with E-state index in [9.17, 15) is 18.0 Å². The molecule has 0 bridgehead atoms. The van der Waals surface area contributed by atoms with Crippen LogP contribution >= 0.6 is 0 Å². The second-order valence-corrected chi connectivity index (χ2v) is 9.35. The van der Waals surface area contributed by atoms with E-state index in [1.807, 2.05) is 6.92 Å². The Morgan fingerprint density at radius 2 is 1.77 bits per heavy atom. The van der Waals surface area contributed by atoms with Gasteiger partial charge in [-0.2, -0.15) is 4.31 Å². The first-order chi connectivity index (χ1) is 14.2. The van der Waals surface area contributed by atoms with E-state index in [2.05, 4.69) is 10.6 Å². The van der Waals surface area contributed by atoms with Crippen LogP contribution in [0.1, 0.15) is 42.1 Å². The summed E-state index contributed by atoms with van der Waals surface area (Å²) in [5.74, 6) is -0.438. The van der Waals surface area contributed by atoms with E-state index in [0.29, 0.717) is 23.5 Å². The predicted octanol–water partition coefficient (Wildman–Crippen LogP) is 3.30. The predicted molar refractivity (Wildman–Crippen MR) is 116 cm³/mol. The van der Waals surface area contributed by atoms with E-state index in [-0.39, 0.29) is 16.5 Å². The number of urea groups is 1. The average Bonchev–Trinajstić information content (AvgIpc) is 2.68. The summed E-state index contributed by atoms with van der Waals surface area (Å²) in [5, 5.41) is 5.18. The fourth-order valence-corrected chi connectivity index (χ4v) is 5.31. The minimum atomic E-state index is -3.69. The van der Waals surface area contributed by atoms with Crippen molar-refractivity contribution < 1.29 is 18.0 Å². The van der Waals surface area contributed by atoms with Crippen molar-refractivity contribution in [2.75, 3.05) is 17.2 Å². The molecular weight excluding hydrogens is 404 g/mol. The first-order valence-electron chi connectivity index (χ1n) is 9.79. The van der Waals surface area contributed by atoms with Gasteiger partial charge in [0.25, 0.3) is 5.91 Å². The van der Waals surface area contributed by atoms with Crippen LogP contribution in [0.25, 0.3) is 0 Å². The first-order valence-corrected chi connectivity index (χ1v) is 11.2. The Labute approximate surface area is 176 Å². The van der Waals surface area contributed by atoms with Crippen molar-refractivity contribution in [3.63, 3.8) is 0 Å². The smallest absolute Gasteiger partial charge is 0.316 e. The maximum absolute atomic E-state index is 13.1. The molecule has 1 saturated heterocycles. The molecule has 1 unspecified atom stereocenters. The fourth-order valence-electron chi connectivity index (χ4n) is 3.59. The van der Waals surface area contributed by atoms with E-state index >= 15 is 0 Å². The van der Waals surface area contributed by atoms with Crippen molar-refractivity contribution in [3.05, 3.63) is 53.6 Å². The molecule has 0 aliphatic carbocycles. The standard InChI is InChI=1S/C21H26N4O4S/c1-14-9-10-18(30(28,29)25-11-4-3-6-15(25)2)13-19(14)20(26)23-16-7-5-8-17(12-16)24-21(22)27/h5,7-10,12-13,15H,3-4,6,11H2,1-2H3,(H,23,26)(H3,22,24,27). The lowest BCUT2D eigenvalue weighted by Crippen LogP contribution is -2.42. The Balaban J connectivity index is 1.86. The summed E-state index contributed by atoms with van der Waals surface area (Å²) in [7, 11) is -3.69. The average molecular weight is 431 g/mol. The molecule has 0 aromatic heterocycles. The quantitative estimate of drug-likeness (QED) is 0.674. The number of nitrogens with one attached hydrogen (secondary N) is 2. The van der Waals surface area contributed by atoms with Gasteiger partial charge in [-0.1, -0.05) is 18.6 Å². The molecule has 1 atom stereocenters. The molecule has 1 fully saturated rings. The molecule has 0 radical (unpaired) electrons. The normalized spacial score (nSPS) is 17.3. The minimum absolute atomic E-state index is 0.0668. The molecule has 9 heteroatoms. The van der Waals surface area contributed by atoms with Crippen molar-refractivity contribution >= 4 is 33.3 Å². The number of rotatable bonds is 5. The van der Waals surface area contributed by atoms with Crippen molar-refractivity contribution in [1.29, 1.82) is 0 Å². The number of hydrogen-bond acceptors (Lipinski definition) is 4. The third kappa shape index (κ3) is 4.80. The van der Waals surface area contributed by atoms with Crippen molar-refractivity contribution in [2.24, 2.45) is 5.73 Å². The number of carbonyl (C=O) groups excluding carboxylic acids is 2. The fraction of sp³-hybridized carbons (Fsp3) is 0.333. The van der Waals surface area contributed by atoms with E-state index in [1.54, 1.807) is 43.3 Å². The van der Waals surface area contributed by atoms with Crippen LogP contribution in [0.2, 0.25) is 0 Å². The van der Waals surface area contributed by atoms with Gasteiger partial charge in [-0.25, -0.2) is 13.2 Å². The van der Waals surface area contributed by atoms with Crippen LogP contribution in [0.4, 0.5) is 16.2 Å². The molecule has 2 aromatic rings. The SMILES string of the molecule is Cc1ccc(S(=O)(=O)N2CCCCC2C)cc1C(=O)Nc1cccc(NC(N)=O)c1. The zero-order valence-corrected chi connectivity index (χ0v) is 17.8. The Morgan fingerprint density at radius 1 is 1.07 bits per heavy atom. The van der Waals surface area contributed by atoms with Crippen LogP contribution < -0.4 is 16.4 Å². The second kappa shape index (κ2) is 8.85. The number of sulfonamides is 1. The summed E-state index contributed by atoms with van der Waals surface area (Å²) in [6, 6.07) is 10.4. The molecule has 3 amide bonds. The van der Waals surface area contributed by atoms with Crippen LogP contribution in [-0.2, 0) is 10.0 Å². The Hall–Kier alpha value is -2.91. The largest absolute Gasteiger partial charge is 0.351 e. The summed E-state index contributed by atoms with van der Waals surface area (Å²) in [6.45, 7) is 4.14. The first kappa shape index (κ1) is 21.8. The highest BCUT2D eigenvalue weighted by Gasteiger charge is 2.31. The number of carbonyl (C=O) groups is 2. The molecule has 160 valence electrons. The highest BCUT2D eigenvalue weighted by molar-refractivity contribution is 7.89. The van der Waals surface area contributed by atoms with E-state index < -0.39 is 22.0 Å². The summed E-state index contributed by atoms with van der Waals surface area (Å²) < 4.78 is 27.8. The summed E-state index contributed by atoms with van der Waals surface area (Å²) >= 11 is 0. The van der Waals surface area contributed by atoms with Crippen LogP contribution in [-0.4, -0.2) is 37.2 Å². The zero-order valence-electron chi connectivity index (χ0n) is 17.0. The number of piperidine rings is 1. The van der Waals surface area contributed by atoms with Crippen molar-refractivity contribution in [1.82, 2.24) is 4.31 Å². The van der Waals surface area contributed by atoms with E-state index in [0.717, 1.165) is 19.3 Å². The Morgan fingerprint density at radius 3 is 2.43 bits per heavy atom. The topological polar surface area (TPSA) is 122 Å². The highest BCUT2D eigenvalue weighted by Crippen LogP contribution is 2.27. The van der Waals surface area contributed by atoms with Gasteiger partial charge in [-0.05, 0) is 62.6 Å². The highest BCUT2D eigenvalue weighted by atomic mass is 32.2. The maximum atomic E-state index is 13.1. The van der Waals surface area contributed by atoms with Crippen LogP contribution in [0, 0.1) is 6.92 Å². The number of nitrogens with two attached hydrogens (primary N) is 1. The molecule has 4 N–H and O–H groups in total. The number of amides is 3. The van der Waals surface area contributed by atoms with Crippen LogP contribution in [0.5, 0.6) is 0 Å². The van der Waals surface area contributed by atoms with Gasteiger partial charge in [-0.3, -0.25) is 4.79 Å². The molecule has 30 heavy (non-hydrogen) atoms. The molecule has 3 rings (SSSR count). The van der Waals surface area contributed by atoms with Gasteiger partial charge in [0.2, 0.25) is 10.0 Å². The van der Waals surface area contributed by atoms with Gasteiger partial charge >= 0.3 is 6.03 Å². The number of aryl methyl sites for hydroxylation is 1. The number of hydrogen-bond donors (Lipinski definition) is 3. The van der Waals surface area contributed by atoms with Gasteiger partial charge in [-0.15, -0.1) is 0 Å². The molecule has 2 aromatic carbocycles. The summed E-state index contributed by atoms with van der Waals surface area (Å²) in [5.41, 5.74) is 6.93. The van der Waals surface area contributed by atoms with Gasteiger partial charge < -0.3 is 16.4 Å². The lowest BCUT2D eigenvalue weighted by Gasteiger charge is -2.32. The Kier molecular flexibility index (Phi) is 6.42. The van der Waals surface area contributed by atoms with Gasteiger partial charge in [0.1, 0.15) is 0 Å². The number of nitrogens with zero attached hydrogens (tertiary/aromatic N) is 1. The molecular formula is C21H26N4O4S. The monoisotopic (exact) mass is 430 g/mol. The van der Waals surface area contributed by atoms with E-state index in [1.165, 1.54) is 10.4 Å². The van der Waals surface area contributed by atoms with Crippen LogP contribution in [0.15, 0.2) is 47.4 Å². The maximum Gasteiger partial charge on any atom is 0.316 e. The molecule has 1 heterocycles. The molecule has 0 spiro atoms. The zero-order chi connectivity index (χ0) is 21.9. The number of primary amides is 1. The lowest BCUT2D eigenvalue weighted by atomic mass is 10.1. The summed E-state index contributed by atoms with van der Waals surface area (Å²) in [4.78, 5) is 24.0.